The van der Waals surface area contributed by atoms with Gasteiger partial charge >= 0.3 is 0 Å². The van der Waals surface area contributed by atoms with Gasteiger partial charge in [-0.2, -0.15) is 0 Å². The van der Waals surface area contributed by atoms with Crippen LogP contribution in [-0.4, -0.2) is 39.4 Å². The summed E-state index contributed by atoms with van der Waals surface area (Å²) in [7, 11) is -2.12. The van der Waals surface area contributed by atoms with E-state index in [1.54, 1.807) is 18.2 Å². The second-order valence-electron chi connectivity index (χ2n) is 6.47. The molecule has 0 saturated carbocycles. The van der Waals surface area contributed by atoms with Gasteiger partial charge in [-0.1, -0.05) is 43.1 Å². The van der Waals surface area contributed by atoms with Gasteiger partial charge in [0.05, 0.1) is 9.92 Å². The highest BCUT2D eigenvalue weighted by atomic mass is 35.5. The summed E-state index contributed by atoms with van der Waals surface area (Å²) < 4.78 is 46.1. The van der Waals surface area contributed by atoms with Crippen LogP contribution in [0.4, 0.5) is 4.39 Å². The second kappa shape index (κ2) is 10.6. The molecule has 29 heavy (non-hydrogen) atoms. The number of halogens is 2. The number of likely N-dealkylation sites (N-methyl/N-ethyl adjacent to an activating group) is 1. The second-order valence-corrected chi connectivity index (χ2v) is 8.65. The highest BCUT2D eigenvalue weighted by Crippen LogP contribution is 2.27. The molecule has 6 nitrogen and oxygen atoms in total. The maximum absolute atomic E-state index is 13.7. The Bertz CT molecular complexity index is 953. The Balaban J connectivity index is 1.96. The fourth-order valence-electron chi connectivity index (χ4n) is 2.45. The SMILES string of the molecule is CCCCNS(=O)(=O)c1ccc(OCC(=O)N(C)Cc2ccccc2F)c(Cl)c1. The first-order valence-electron chi connectivity index (χ1n) is 9.14. The number of carbonyl (C=O) groups is 1. The summed E-state index contributed by atoms with van der Waals surface area (Å²) in [6.45, 7) is 2.10. The molecular formula is C20H24ClFN2O4S. The van der Waals surface area contributed by atoms with Gasteiger partial charge in [0, 0.05) is 25.7 Å². The van der Waals surface area contributed by atoms with Crippen LogP contribution in [0.1, 0.15) is 25.3 Å². The third-order valence-corrected chi connectivity index (χ3v) is 5.93. The third kappa shape index (κ3) is 6.69. The van der Waals surface area contributed by atoms with Gasteiger partial charge in [-0.05, 0) is 30.7 Å². The smallest absolute Gasteiger partial charge is 0.260 e. The molecule has 0 spiro atoms. The van der Waals surface area contributed by atoms with Crippen molar-refractivity contribution in [1.29, 1.82) is 0 Å². The van der Waals surface area contributed by atoms with E-state index in [1.807, 2.05) is 6.92 Å². The predicted molar refractivity (Wildman–Crippen MR) is 110 cm³/mol. The molecule has 0 bridgehead atoms. The van der Waals surface area contributed by atoms with Gasteiger partial charge in [0.1, 0.15) is 11.6 Å². The van der Waals surface area contributed by atoms with Crippen molar-refractivity contribution in [3.05, 3.63) is 58.9 Å². The van der Waals surface area contributed by atoms with Gasteiger partial charge in [-0.15, -0.1) is 0 Å². The molecule has 0 aliphatic rings. The molecule has 0 aliphatic heterocycles. The van der Waals surface area contributed by atoms with E-state index >= 15 is 0 Å². The summed E-state index contributed by atoms with van der Waals surface area (Å²) in [5.74, 6) is -0.575. The summed E-state index contributed by atoms with van der Waals surface area (Å²) in [5.41, 5.74) is 0.395. The average Bonchev–Trinajstić information content (AvgIpc) is 2.68. The van der Waals surface area contributed by atoms with Crippen molar-refractivity contribution in [2.24, 2.45) is 0 Å². The Morgan fingerprint density at radius 2 is 1.97 bits per heavy atom. The maximum atomic E-state index is 13.7. The summed E-state index contributed by atoms with van der Waals surface area (Å²) in [6.07, 6.45) is 1.60. The van der Waals surface area contributed by atoms with Crippen molar-refractivity contribution in [2.75, 3.05) is 20.2 Å². The number of carbonyl (C=O) groups excluding carboxylic acids is 1. The Morgan fingerprint density at radius 1 is 1.24 bits per heavy atom. The van der Waals surface area contributed by atoms with E-state index in [-0.39, 0.29) is 40.5 Å². The standard InChI is InChI=1S/C20H24ClFN2O4S/c1-3-4-11-23-29(26,27)16-9-10-19(17(21)12-16)28-14-20(25)24(2)13-15-7-5-6-8-18(15)22/h5-10,12,23H,3-4,11,13-14H2,1-2H3. The minimum Gasteiger partial charge on any atom is -0.482 e. The minimum atomic E-state index is -3.66. The van der Waals surface area contributed by atoms with Crippen molar-refractivity contribution in [2.45, 2.75) is 31.2 Å². The van der Waals surface area contributed by atoms with Crippen LogP contribution in [0.3, 0.4) is 0 Å². The maximum Gasteiger partial charge on any atom is 0.260 e. The molecule has 9 heteroatoms. The van der Waals surface area contributed by atoms with Crippen LogP contribution < -0.4 is 9.46 Å². The van der Waals surface area contributed by atoms with Crippen LogP contribution in [0.15, 0.2) is 47.4 Å². The van der Waals surface area contributed by atoms with Crippen LogP contribution in [0.2, 0.25) is 5.02 Å². The molecule has 0 radical (unpaired) electrons. The van der Waals surface area contributed by atoms with Gasteiger partial charge in [0.15, 0.2) is 6.61 Å². The van der Waals surface area contributed by atoms with Crippen LogP contribution in [-0.2, 0) is 21.4 Å². The van der Waals surface area contributed by atoms with Crippen molar-refractivity contribution in [3.63, 3.8) is 0 Å². The summed E-state index contributed by atoms with van der Waals surface area (Å²) in [6, 6.07) is 10.2. The predicted octanol–water partition coefficient (Wildman–Crippen LogP) is 3.59. The van der Waals surface area contributed by atoms with Crippen LogP contribution >= 0.6 is 11.6 Å². The molecule has 1 N–H and O–H groups in total. The number of nitrogens with zero attached hydrogens (tertiary/aromatic N) is 1. The number of nitrogens with one attached hydrogen (secondary N) is 1. The van der Waals surface area contributed by atoms with Crippen LogP contribution in [0.5, 0.6) is 5.75 Å². The average molecular weight is 443 g/mol. The molecule has 2 aromatic carbocycles. The van der Waals surface area contributed by atoms with E-state index in [0.717, 1.165) is 12.8 Å². The lowest BCUT2D eigenvalue weighted by molar-refractivity contribution is -0.132. The van der Waals surface area contributed by atoms with Gasteiger partial charge in [-0.3, -0.25) is 4.79 Å². The molecule has 1 amide bonds. The fourth-order valence-corrected chi connectivity index (χ4v) is 3.85. The Kier molecular flexibility index (Phi) is 8.43. The third-order valence-electron chi connectivity index (χ3n) is 4.18. The molecule has 0 atom stereocenters. The highest BCUT2D eigenvalue weighted by Gasteiger charge is 2.17. The molecule has 158 valence electrons. The number of unbranched alkanes of at least 4 members (excludes halogenated alkanes) is 1. The van der Waals surface area contributed by atoms with Crippen LogP contribution in [0.25, 0.3) is 0 Å². The molecule has 2 aromatic rings. The largest absolute Gasteiger partial charge is 0.482 e. The Labute approximate surface area is 175 Å². The first-order chi connectivity index (χ1) is 13.7. The fraction of sp³-hybridized carbons (Fsp3) is 0.350. The summed E-state index contributed by atoms with van der Waals surface area (Å²) in [5, 5.41) is 0.0768. The lowest BCUT2D eigenvalue weighted by atomic mass is 10.2. The number of benzene rings is 2. The lowest BCUT2D eigenvalue weighted by Gasteiger charge is -2.18. The molecule has 0 aromatic heterocycles. The summed E-state index contributed by atoms with van der Waals surface area (Å²) >= 11 is 6.12. The number of rotatable bonds is 10. The highest BCUT2D eigenvalue weighted by molar-refractivity contribution is 7.89. The first-order valence-corrected chi connectivity index (χ1v) is 11.0. The lowest BCUT2D eigenvalue weighted by Crippen LogP contribution is -2.31. The van der Waals surface area contributed by atoms with E-state index in [4.69, 9.17) is 16.3 Å². The molecule has 0 heterocycles. The van der Waals surface area contributed by atoms with Crippen molar-refractivity contribution < 1.29 is 22.3 Å². The van der Waals surface area contributed by atoms with Crippen molar-refractivity contribution in [3.8, 4) is 5.75 Å². The number of sulfonamides is 1. The topological polar surface area (TPSA) is 75.7 Å². The Hall–Kier alpha value is -2.16. The molecule has 0 aliphatic carbocycles. The van der Waals surface area contributed by atoms with Crippen LogP contribution in [0, 0.1) is 5.82 Å². The van der Waals surface area contributed by atoms with Gasteiger partial charge in [0.2, 0.25) is 10.0 Å². The summed E-state index contributed by atoms with van der Waals surface area (Å²) in [4.78, 5) is 13.6. The van der Waals surface area contributed by atoms with Gasteiger partial charge in [-0.25, -0.2) is 17.5 Å². The number of amides is 1. The zero-order valence-electron chi connectivity index (χ0n) is 16.3. The van der Waals surface area contributed by atoms with Crippen molar-refractivity contribution >= 4 is 27.5 Å². The zero-order chi connectivity index (χ0) is 21.4. The van der Waals surface area contributed by atoms with E-state index in [9.17, 15) is 17.6 Å². The molecular weight excluding hydrogens is 419 g/mol. The molecule has 0 saturated heterocycles. The van der Waals surface area contributed by atoms with Gasteiger partial charge in [0.25, 0.3) is 5.91 Å². The number of hydrogen-bond donors (Lipinski definition) is 1. The Morgan fingerprint density at radius 3 is 2.62 bits per heavy atom. The normalized spacial score (nSPS) is 11.3. The van der Waals surface area contributed by atoms with E-state index < -0.39 is 10.0 Å². The monoisotopic (exact) mass is 442 g/mol. The molecule has 2 rings (SSSR count). The van der Waals surface area contributed by atoms with E-state index in [1.165, 1.54) is 36.2 Å². The first kappa shape index (κ1) is 23.1. The minimum absolute atomic E-state index is 0.0222. The molecule has 0 fully saturated rings. The number of ether oxygens (including phenoxy) is 1. The van der Waals surface area contributed by atoms with E-state index in [2.05, 4.69) is 4.72 Å². The number of hydrogen-bond acceptors (Lipinski definition) is 4. The van der Waals surface area contributed by atoms with Gasteiger partial charge < -0.3 is 9.64 Å². The van der Waals surface area contributed by atoms with Crippen molar-refractivity contribution in [1.82, 2.24) is 9.62 Å². The quantitative estimate of drug-likeness (QED) is 0.570. The zero-order valence-corrected chi connectivity index (χ0v) is 17.9. The molecule has 0 unspecified atom stereocenters. The van der Waals surface area contributed by atoms with E-state index in [0.29, 0.717) is 12.1 Å².